The molecule has 0 amide bonds. The van der Waals surface area contributed by atoms with E-state index in [1.54, 1.807) is 6.92 Å². The van der Waals surface area contributed by atoms with Crippen molar-refractivity contribution in [2.75, 3.05) is 5.73 Å². The average Bonchev–Trinajstić information content (AvgIpc) is 2.18. The summed E-state index contributed by atoms with van der Waals surface area (Å²) in [6, 6.07) is 3.80. The van der Waals surface area contributed by atoms with Crippen molar-refractivity contribution in [3.63, 3.8) is 0 Å². The maximum Gasteiger partial charge on any atom is 0.446 e. The molecule has 94 valence electrons. The van der Waals surface area contributed by atoms with Gasteiger partial charge in [-0.2, -0.15) is 13.2 Å². The predicted molar refractivity (Wildman–Crippen MR) is 65.5 cm³/mol. The molecule has 2 N–H and O–H groups in total. The van der Waals surface area contributed by atoms with Crippen LogP contribution in [0.15, 0.2) is 23.1 Å². The number of carbonyl (C=O) groups is 1. The van der Waals surface area contributed by atoms with E-state index >= 15 is 0 Å². The Morgan fingerprint density at radius 3 is 2.47 bits per heavy atom. The lowest BCUT2D eigenvalue weighted by Crippen LogP contribution is -2.10. The van der Waals surface area contributed by atoms with E-state index in [0.717, 1.165) is 0 Å². The number of halogens is 4. The first-order valence-electron chi connectivity index (χ1n) is 4.54. The average molecular weight is 328 g/mol. The number of benzene rings is 1. The first-order valence-corrected chi connectivity index (χ1v) is 6.27. The highest BCUT2D eigenvalue weighted by molar-refractivity contribution is 9.10. The Kier molecular flexibility index (Phi) is 4.48. The van der Waals surface area contributed by atoms with Gasteiger partial charge in [0, 0.05) is 16.1 Å². The molecule has 0 aliphatic carbocycles. The molecule has 0 radical (unpaired) electrons. The number of hydrogen-bond acceptors (Lipinski definition) is 3. The van der Waals surface area contributed by atoms with Crippen molar-refractivity contribution in [3.05, 3.63) is 23.8 Å². The minimum Gasteiger partial charge on any atom is -0.398 e. The van der Waals surface area contributed by atoms with Crippen LogP contribution < -0.4 is 5.73 Å². The van der Waals surface area contributed by atoms with Gasteiger partial charge < -0.3 is 5.73 Å². The summed E-state index contributed by atoms with van der Waals surface area (Å²) in [6.45, 7) is 1.64. The lowest BCUT2D eigenvalue weighted by molar-refractivity contribution is -0.0327. The zero-order valence-corrected chi connectivity index (χ0v) is 11.1. The van der Waals surface area contributed by atoms with Crippen molar-refractivity contribution in [2.45, 2.75) is 22.2 Å². The Hall–Kier alpha value is -0.690. The van der Waals surface area contributed by atoms with Crippen LogP contribution in [-0.4, -0.2) is 16.1 Å². The van der Waals surface area contributed by atoms with Gasteiger partial charge in [-0.3, -0.25) is 4.79 Å². The molecule has 2 nitrogen and oxygen atoms in total. The van der Waals surface area contributed by atoms with Gasteiger partial charge in [-0.1, -0.05) is 22.0 Å². The summed E-state index contributed by atoms with van der Waals surface area (Å²) in [6.07, 6.45) is 0. The zero-order chi connectivity index (χ0) is 13.2. The monoisotopic (exact) mass is 327 g/mol. The highest BCUT2D eigenvalue weighted by atomic mass is 79.9. The third-order valence-corrected chi connectivity index (χ3v) is 3.12. The van der Waals surface area contributed by atoms with E-state index in [-0.39, 0.29) is 28.1 Å². The normalized spacial score (nSPS) is 13.5. The van der Waals surface area contributed by atoms with Crippen LogP contribution in [0.3, 0.4) is 0 Å². The van der Waals surface area contributed by atoms with Crippen LogP contribution in [0.5, 0.6) is 0 Å². The van der Waals surface area contributed by atoms with Gasteiger partial charge >= 0.3 is 5.51 Å². The topological polar surface area (TPSA) is 43.1 Å². The number of carbonyl (C=O) groups excluding carboxylic acids is 1. The van der Waals surface area contributed by atoms with Crippen LogP contribution >= 0.6 is 27.7 Å². The summed E-state index contributed by atoms with van der Waals surface area (Å²) in [5.41, 5.74) is 1.33. The third kappa shape index (κ3) is 4.23. The van der Waals surface area contributed by atoms with Gasteiger partial charge in [0.25, 0.3) is 0 Å². The fraction of sp³-hybridized carbons (Fsp3) is 0.300. The Balaban J connectivity index is 2.98. The number of nitrogen functional groups attached to an aromatic ring is 1. The summed E-state index contributed by atoms with van der Waals surface area (Å²) < 4.78 is 36.4. The van der Waals surface area contributed by atoms with Crippen molar-refractivity contribution in [3.8, 4) is 0 Å². The van der Waals surface area contributed by atoms with Crippen LogP contribution in [-0.2, 0) is 0 Å². The Morgan fingerprint density at radius 1 is 1.47 bits per heavy atom. The largest absolute Gasteiger partial charge is 0.446 e. The standard InChI is InChI=1S/C10H9BrF3NOS/c1-5(11)9(16)6-2-3-8(7(15)4-6)17-10(12,13)14/h2-5H,15H2,1H3. The number of hydrogen-bond donors (Lipinski definition) is 1. The summed E-state index contributed by atoms with van der Waals surface area (Å²) in [5.74, 6) is -0.222. The van der Waals surface area contributed by atoms with E-state index in [4.69, 9.17) is 5.73 Å². The van der Waals surface area contributed by atoms with E-state index in [1.807, 2.05) is 0 Å². The number of ketones is 1. The molecule has 0 bridgehead atoms. The highest BCUT2D eigenvalue weighted by Crippen LogP contribution is 2.39. The van der Waals surface area contributed by atoms with Crippen LogP contribution in [0.2, 0.25) is 0 Å². The molecule has 1 aromatic carbocycles. The number of anilines is 1. The molecule has 0 fully saturated rings. The van der Waals surface area contributed by atoms with Gasteiger partial charge in [0.15, 0.2) is 5.78 Å². The van der Waals surface area contributed by atoms with Crippen molar-refractivity contribution in [1.29, 1.82) is 0 Å². The van der Waals surface area contributed by atoms with Crippen molar-refractivity contribution < 1.29 is 18.0 Å². The number of rotatable bonds is 3. The second-order valence-electron chi connectivity index (χ2n) is 3.28. The molecular weight excluding hydrogens is 319 g/mol. The van der Waals surface area contributed by atoms with Crippen molar-refractivity contribution in [2.24, 2.45) is 0 Å². The number of thioether (sulfide) groups is 1. The highest BCUT2D eigenvalue weighted by Gasteiger charge is 2.30. The van der Waals surface area contributed by atoms with Gasteiger partial charge in [-0.25, -0.2) is 0 Å². The second-order valence-corrected chi connectivity index (χ2v) is 5.76. The third-order valence-electron chi connectivity index (χ3n) is 1.88. The van der Waals surface area contributed by atoms with Crippen LogP contribution in [0.1, 0.15) is 17.3 Å². The molecule has 17 heavy (non-hydrogen) atoms. The molecule has 0 aliphatic rings. The Morgan fingerprint density at radius 2 is 2.06 bits per heavy atom. The minimum absolute atomic E-state index is 0.0497. The predicted octanol–water partition coefficient (Wildman–Crippen LogP) is 3.85. The fourth-order valence-corrected chi connectivity index (χ4v) is 1.98. The molecule has 1 atom stereocenters. The van der Waals surface area contributed by atoms with Crippen molar-refractivity contribution >= 4 is 39.2 Å². The van der Waals surface area contributed by atoms with E-state index in [9.17, 15) is 18.0 Å². The molecule has 0 spiro atoms. The van der Waals surface area contributed by atoms with E-state index in [2.05, 4.69) is 15.9 Å². The SMILES string of the molecule is CC(Br)C(=O)c1ccc(SC(F)(F)F)c(N)c1. The van der Waals surface area contributed by atoms with Gasteiger partial charge in [0.05, 0.1) is 4.83 Å². The van der Waals surface area contributed by atoms with Crippen molar-refractivity contribution in [1.82, 2.24) is 0 Å². The molecule has 1 unspecified atom stereocenters. The first kappa shape index (κ1) is 14.4. The molecule has 1 rings (SSSR count). The number of Topliss-reactive ketones (excluding diaryl/α,β-unsaturated/α-hetero) is 1. The van der Waals surface area contributed by atoms with Crippen LogP contribution in [0, 0.1) is 0 Å². The maximum absolute atomic E-state index is 12.1. The fourth-order valence-electron chi connectivity index (χ4n) is 1.15. The minimum atomic E-state index is -4.39. The molecule has 0 saturated heterocycles. The van der Waals surface area contributed by atoms with Crippen LogP contribution in [0.4, 0.5) is 18.9 Å². The zero-order valence-electron chi connectivity index (χ0n) is 8.72. The van der Waals surface area contributed by atoms with E-state index in [1.165, 1.54) is 18.2 Å². The van der Waals surface area contributed by atoms with Gasteiger partial charge in [-0.05, 0) is 30.8 Å². The molecule has 0 heterocycles. The lowest BCUT2D eigenvalue weighted by Gasteiger charge is -2.10. The van der Waals surface area contributed by atoms with Crippen LogP contribution in [0.25, 0.3) is 0 Å². The molecule has 0 aliphatic heterocycles. The van der Waals surface area contributed by atoms with E-state index < -0.39 is 10.3 Å². The van der Waals surface area contributed by atoms with Gasteiger partial charge in [0.1, 0.15) is 0 Å². The smallest absolute Gasteiger partial charge is 0.398 e. The number of nitrogens with two attached hydrogens (primary N) is 1. The summed E-state index contributed by atoms with van der Waals surface area (Å²) >= 11 is 2.80. The molecular formula is C10H9BrF3NOS. The van der Waals surface area contributed by atoms with Gasteiger partial charge in [-0.15, -0.1) is 0 Å². The van der Waals surface area contributed by atoms with E-state index in [0.29, 0.717) is 5.56 Å². The summed E-state index contributed by atoms with van der Waals surface area (Å²) in [5, 5.41) is 0. The molecule has 7 heteroatoms. The quantitative estimate of drug-likeness (QED) is 0.397. The number of alkyl halides is 4. The summed E-state index contributed by atoms with van der Waals surface area (Å²) in [7, 11) is 0. The molecule has 0 aromatic heterocycles. The molecule has 0 saturated carbocycles. The Bertz CT molecular complexity index is 434. The van der Waals surface area contributed by atoms with Gasteiger partial charge in [0.2, 0.25) is 0 Å². The second kappa shape index (κ2) is 5.30. The summed E-state index contributed by atoms with van der Waals surface area (Å²) in [4.78, 5) is 11.1. The molecule has 1 aromatic rings. The Labute approximate surface area is 109 Å². The lowest BCUT2D eigenvalue weighted by atomic mass is 10.1. The maximum atomic E-state index is 12.1. The first-order chi connectivity index (χ1) is 7.70.